The van der Waals surface area contributed by atoms with Gasteiger partial charge in [-0.3, -0.25) is 4.90 Å². The maximum absolute atomic E-state index is 14.1. The van der Waals surface area contributed by atoms with E-state index in [1.54, 1.807) is 24.3 Å². The van der Waals surface area contributed by atoms with Crippen molar-refractivity contribution in [2.24, 2.45) is 17.8 Å². The standard InChI is InChI=1S/C18H14F3N3O2/c1-24-16(10-2-3-14-15(6-10)26-9-25-14)11-4-5-17(24,18(19,20)21)13(8-23)12(11)7-22/h2-6,11-13,16H,9H2,1H3/t11-,12-,13+,16-,17+/m0/s1. The first-order chi connectivity index (χ1) is 12.3. The molecule has 0 amide bonds. The number of ether oxygens (including phenoxy) is 2. The van der Waals surface area contributed by atoms with Crippen LogP contribution in [0.1, 0.15) is 11.6 Å². The van der Waals surface area contributed by atoms with Crippen LogP contribution in [0, 0.1) is 40.4 Å². The molecule has 1 aromatic rings. The second-order valence-electron chi connectivity index (χ2n) is 6.69. The Morgan fingerprint density at radius 2 is 1.92 bits per heavy atom. The lowest BCUT2D eigenvalue weighted by Gasteiger charge is -2.58. The average molecular weight is 361 g/mol. The number of rotatable bonds is 1. The van der Waals surface area contributed by atoms with Gasteiger partial charge in [0.2, 0.25) is 6.79 Å². The summed E-state index contributed by atoms with van der Waals surface area (Å²) in [5, 5.41) is 19.0. The van der Waals surface area contributed by atoms with Crippen LogP contribution < -0.4 is 9.47 Å². The lowest BCUT2D eigenvalue weighted by Crippen LogP contribution is -2.69. The summed E-state index contributed by atoms with van der Waals surface area (Å²) >= 11 is 0. The first-order valence-electron chi connectivity index (χ1n) is 8.03. The lowest BCUT2D eigenvalue weighted by atomic mass is 9.58. The normalized spacial score (nSPS) is 35.2. The fourth-order valence-electron chi connectivity index (χ4n) is 4.46. The molecule has 1 aromatic carbocycles. The Balaban J connectivity index is 1.88. The third-order valence-electron chi connectivity index (χ3n) is 5.67. The molecule has 26 heavy (non-hydrogen) atoms. The van der Waals surface area contributed by atoms with Crippen molar-refractivity contribution in [2.45, 2.75) is 17.8 Å². The van der Waals surface area contributed by atoms with Gasteiger partial charge in [-0.1, -0.05) is 18.2 Å². The van der Waals surface area contributed by atoms with Crippen molar-refractivity contribution in [1.82, 2.24) is 4.90 Å². The zero-order valence-corrected chi connectivity index (χ0v) is 13.7. The van der Waals surface area contributed by atoms with Gasteiger partial charge in [0.15, 0.2) is 17.0 Å². The molecule has 1 aliphatic carbocycles. The maximum atomic E-state index is 14.1. The predicted molar refractivity (Wildman–Crippen MR) is 82.7 cm³/mol. The molecule has 3 aliphatic heterocycles. The van der Waals surface area contributed by atoms with Gasteiger partial charge in [0.25, 0.3) is 0 Å². The minimum Gasteiger partial charge on any atom is -0.454 e. The van der Waals surface area contributed by atoms with Crippen LogP contribution in [0.2, 0.25) is 0 Å². The summed E-state index contributed by atoms with van der Waals surface area (Å²) in [6.07, 6.45) is -2.22. The molecule has 1 fully saturated rings. The number of halogens is 3. The van der Waals surface area contributed by atoms with Gasteiger partial charge in [-0.2, -0.15) is 23.7 Å². The quantitative estimate of drug-likeness (QED) is 0.719. The Morgan fingerprint density at radius 3 is 2.58 bits per heavy atom. The molecule has 0 aromatic heterocycles. The number of alkyl halides is 3. The number of piperidine rings is 1. The number of likely N-dealkylation sites (N-methyl/N-ethyl adjacent to an activating group) is 1. The maximum Gasteiger partial charge on any atom is 0.411 e. The highest BCUT2D eigenvalue weighted by molar-refractivity contribution is 5.47. The Bertz CT molecular complexity index is 870. The molecule has 0 saturated carbocycles. The van der Waals surface area contributed by atoms with Crippen molar-refractivity contribution in [1.29, 1.82) is 10.5 Å². The summed E-state index contributed by atoms with van der Waals surface area (Å²) in [5.74, 6) is -2.08. The number of benzene rings is 1. The smallest absolute Gasteiger partial charge is 0.411 e. The van der Waals surface area contributed by atoms with Crippen LogP contribution in [0.4, 0.5) is 13.2 Å². The zero-order valence-electron chi connectivity index (χ0n) is 13.7. The van der Waals surface area contributed by atoms with E-state index in [1.165, 1.54) is 18.0 Å². The van der Waals surface area contributed by atoms with Gasteiger partial charge in [0.1, 0.15) is 0 Å². The molecule has 3 heterocycles. The molecule has 0 spiro atoms. The molecule has 5 atom stereocenters. The molecule has 0 unspecified atom stereocenters. The summed E-state index contributed by atoms with van der Waals surface area (Å²) in [7, 11) is 1.36. The Hall–Kier alpha value is -2.71. The largest absolute Gasteiger partial charge is 0.454 e. The van der Waals surface area contributed by atoms with E-state index in [-0.39, 0.29) is 6.79 Å². The van der Waals surface area contributed by atoms with Gasteiger partial charge < -0.3 is 9.47 Å². The van der Waals surface area contributed by atoms with Crippen LogP contribution in [0.15, 0.2) is 30.4 Å². The first-order valence-corrected chi connectivity index (χ1v) is 8.03. The van der Waals surface area contributed by atoms with Crippen LogP contribution in [0.25, 0.3) is 0 Å². The summed E-state index contributed by atoms with van der Waals surface area (Å²) in [4.78, 5) is 1.18. The highest BCUT2D eigenvalue weighted by Crippen LogP contribution is 2.59. The van der Waals surface area contributed by atoms with E-state index in [2.05, 4.69) is 0 Å². The fraction of sp³-hybridized carbons (Fsp3) is 0.444. The lowest BCUT2D eigenvalue weighted by molar-refractivity contribution is -0.253. The average Bonchev–Trinajstić information content (AvgIpc) is 3.08. The van der Waals surface area contributed by atoms with Crippen LogP contribution in [0.5, 0.6) is 11.5 Å². The van der Waals surface area contributed by atoms with Crippen molar-refractivity contribution in [3.63, 3.8) is 0 Å². The van der Waals surface area contributed by atoms with Crippen molar-refractivity contribution < 1.29 is 22.6 Å². The monoisotopic (exact) mass is 361 g/mol. The molecule has 134 valence electrons. The molecule has 8 heteroatoms. The van der Waals surface area contributed by atoms with Gasteiger partial charge in [0, 0.05) is 12.0 Å². The van der Waals surface area contributed by atoms with Crippen molar-refractivity contribution in [3.8, 4) is 23.6 Å². The van der Waals surface area contributed by atoms with Crippen LogP contribution in [0.3, 0.4) is 0 Å². The Kier molecular flexibility index (Phi) is 3.47. The predicted octanol–water partition coefficient (Wildman–Crippen LogP) is 3.17. The minimum absolute atomic E-state index is 0.0619. The number of nitriles is 2. The topological polar surface area (TPSA) is 69.3 Å². The van der Waals surface area contributed by atoms with Crippen molar-refractivity contribution >= 4 is 0 Å². The van der Waals surface area contributed by atoms with Gasteiger partial charge >= 0.3 is 6.18 Å². The molecule has 5 rings (SSSR count). The third-order valence-corrected chi connectivity index (χ3v) is 5.67. The Labute approximate surface area is 147 Å². The van der Waals surface area contributed by atoms with Gasteiger partial charge in [0.05, 0.1) is 24.0 Å². The van der Waals surface area contributed by atoms with E-state index in [0.717, 1.165) is 6.08 Å². The van der Waals surface area contributed by atoms with Crippen molar-refractivity contribution in [3.05, 3.63) is 35.9 Å². The highest BCUT2D eigenvalue weighted by atomic mass is 19.4. The molecular formula is C18H14F3N3O2. The van der Waals surface area contributed by atoms with E-state index >= 15 is 0 Å². The summed E-state index contributed by atoms with van der Waals surface area (Å²) in [6.45, 7) is 0.0619. The van der Waals surface area contributed by atoms with E-state index in [1.807, 2.05) is 6.07 Å². The molecule has 0 radical (unpaired) electrons. The van der Waals surface area contributed by atoms with Crippen LogP contribution in [-0.2, 0) is 0 Å². The zero-order chi connectivity index (χ0) is 18.7. The molecule has 1 saturated heterocycles. The second kappa shape index (κ2) is 5.39. The van der Waals surface area contributed by atoms with E-state index in [0.29, 0.717) is 17.1 Å². The SMILES string of the molecule is CN1[C@@H](c2ccc3c(c2)OCO3)[C@H]2C=C[C@]1(C(F)(F)F)[C@H](C#N)[C@H]2C#N. The molecular weight excluding hydrogens is 347 g/mol. The third kappa shape index (κ3) is 1.94. The van der Waals surface area contributed by atoms with E-state index < -0.39 is 35.5 Å². The number of hydrogen-bond acceptors (Lipinski definition) is 5. The minimum atomic E-state index is -4.70. The first kappa shape index (κ1) is 16.7. The second-order valence-corrected chi connectivity index (χ2v) is 6.69. The van der Waals surface area contributed by atoms with E-state index in [9.17, 15) is 23.7 Å². The fourth-order valence-corrected chi connectivity index (χ4v) is 4.46. The van der Waals surface area contributed by atoms with Gasteiger partial charge in [-0.05, 0) is 24.7 Å². The van der Waals surface area contributed by atoms with Gasteiger partial charge in [-0.25, -0.2) is 0 Å². The van der Waals surface area contributed by atoms with Gasteiger partial charge in [-0.15, -0.1) is 0 Å². The Morgan fingerprint density at radius 1 is 1.19 bits per heavy atom. The van der Waals surface area contributed by atoms with E-state index in [4.69, 9.17) is 9.47 Å². The number of nitrogens with zero attached hydrogens (tertiary/aromatic N) is 3. The molecule has 5 nitrogen and oxygen atoms in total. The van der Waals surface area contributed by atoms with Crippen LogP contribution in [-0.4, -0.2) is 30.5 Å². The molecule has 2 bridgehead atoms. The number of fused-ring (bicyclic) bond motifs is 3. The molecule has 0 N–H and O–H groups in total. The molecule has 4 aliphatic rings. The van der Waals surface area contributed by atoms with Crippen LogP contribution >= 0.6 is 0 Å². The number of hydrogen-bond donors (Lipinski definition) is 0. The summed E-state index contributed by atoms with van der Waals surface area (Å²) in [5.41, 5.74) is -1.91. The highest BCUT2D eigenvalue weighted by Gasteiger charge is 2.70. The van der Waals surface area contributed by atoms with Crippen molar-refractivity contribution in [2.75, 3.05) is 13.8 Å². The summed E-state index contributed by atoms with van der Waals surface area (Å²) in [6, 6.07) is 7.98. The summed E-state index contributed by atoms with van der Waals surface area (Å²) < 4.78 is 53.0.